The number of rotatable bonds is 4. The number of ether oxygens (including phenoxy) is 2. The summed E-state index contributed by atoms with van der Waals surface area (Å²) in [5.41, 5.74) is 0.424. The highest BCUT2D eigenvalue weighted by atomic mass is 35.5. The molecule has 0 aliphatic carbocycles. The maximum absolute atomic E-state index is 12.8. The number of nitrogens with zero attached hydrogens (tertiary/aromatic N) is 1. The molecule has 0 saturated heterocycles. The van der Waals surface area contributed by atoms with E-state index in [0.717, 1.165) is 0 Å². The van der Waals surface area contributed by atoms with Gasteiger partial charge in [0, 0.05) is 17.1 Å². The first-order chi connectivity index (χ1) is 11.5. The van der Waals surface area contributed by atoms with Crippen molar-refractivity contribution in [2.45, 2.75) is 12.5 Å². The molecular weight excluding hydrogens is 334 g/mol. The second-order valence-electron chi connectivity index (χ2n) is 5.24. The molecule has 0 aromatic heterocycles. The molecule has 24 heavy (non-hydrogen) atoms. The minimum absolute atomic E-state index is 0.293. The topological polar surface area (TPSA) is 72.9 Å². The zero-order valence-corrected chi connectivity index (χ0v) is 14.2. The molecule has 1 heterocycles. The van der Waals surface area contributed by atoms with Gasteiger partial charge in [-0.05, 0) is 30.7 Å². The van der Waals surface area contributed by atoms with Gasteiger partial charge in [-0.25, -0.2) is 0 Å². The Kier molecular flexibility index (Phi) is 5.98. The van der Waals surface area contributed by atoms with Crippen molar-refractivity contribution >= 4 is 29.4 Å². The second-order valence-corrected chi connectivity index (χ2v) is 5.67. The number of benzene rings is 1. The number of carbonyl (C=O) groups is 3. The van der Waals surface area contributed by atoms with Crippen LogP contribution >= 0.6 is 11.6 Å². The summed E-state index contributed by atoms with van der Waals surface area (Å²) in [6.07, 6.45) is 4.12. The van der Waals surface area contributed by atoms with E-state index >= 15 is 0 Å². The highest BCUT2D eigenvalue weighted by Gasteiger charge is 2.41. The lowest BCUT2D eigenvalue weighted by atomic mass is 9.94. The first-order valence-corrected chi connectivity index (χ1v) is 7.76. The number of hydrogen-bond donors (Lipinski definition) is 0. The molecule has 7 heteroatoms. The second kappa shape index (κ2) is 7.97. The van der Waals surface area contributed by atoms with Crippen LogP contribution in [0.5, 0.6) is 0 Å². The van der Waals surface area contributed by atoms with Crippen molar-refractivity contribution in [2.75, 3.05) is 20.8 Å². The molecule has 0 saturated carbocycles. The molecule has 1 aliphatic heterocycles. The predicted octanol–water partition coefficient (Wildman–Crippen LogP) is 2.07. The SMILES string of the molecule is COC(=O)C(C(=O)OC)[C@H]1C=CCCN1C(=O)c1ccc(Cl)cc1. The van der Waals surface area contributed by atoms with Gasteiger partial charge in [0.2, 0.25) is 0 Å². The summed E-state index contributed by atoms with van der Waals surface area (Å²) in [6.45, 7) is 0.382. The molecule has 1 aromatic rings. The van der Waals surface area contributed by atoms with Crippen LogP contribution in [0.2, 0.25) is 5.02 Å². The van der Waals surface area contributed by atoms with E-state index in [9.17, 15) is 14.4 Å². The lowest BCUT2D eigenvalue weighted by Crippen LogP contribution is -2.50. The van der Waals surface area contributed by atoms with E-state index in [1.807, 2.05) is 6.08 Å². The van der Waals surface area contributed by atoms with Gasteiger partial charge in [0.15, 0.2) is 5.92 Å². The highest BCUT2D eigenvalue weighted by Crippen LogP contribution is 2.23. The zero-order chi connectivity index (χ0) is 17.7. The Morgan fingerprint density at radius 1 is 1.12 bits per heavy atom. The molecule has 2 rings (SSSR count). The van der Waals surface area contributed by atoms with Gasteiger partial charge in [-0.15, -0.1) is 0 Å². The van der Waals surface area contributed by atoms with Gasteiger partial charge < -0.3 is 14.4 Å². The predicted molar refractivity (Wildman–Crippen MR) is 87.6 cm³/mol. The van der Waals surface area contributed by atoms with Crippen LogP contribution in [0, 0.1) is 5.92 Å². The normalized spacial score (nSPS) is 16.8. The smallest absolute Gasteiger partial charge is 0.322 e. The number of halogens is 1. The molecule has 0 N–H and O–H groups in total. The Labute approximate surface area is 145 Å². The molecule has 128 valence electrons. The Morgan fingerprint density at radius 3 is 2.25 bits per heavy atom. The van der Waals surface area contributed by atoms with Gasteiger partial charge in [-0.3, -0.25) is 14.4 Å². The lowest BCUT2D eigenvalue weighted by Gasteiger charge is -2.35. The molecule has 6 nitrogen and oxygen atoms in total. The van der Waals surface area contributed by atoms with Gasteiger partial charge >= 0.3 is 11.9 Å². The van der Waals surface area contributed by atoms with Gasteiger partial charge in [-0.2, -0.15) is 0 Å². The Balaban J connectivity index is 2.34. The zero-order valence-electron chi connectivity index (χ0n) is 13.4. The van der Waals surface area contributed by atoms with Gasteiger partial charge in [-0.1, -0.05) is 23.8 Å². The van der Waals surface area contributed by atoms with E-state index in [2.05, 4.69) is 0 Å². The monoisotopic (exact) mass is 351 g/mol. The van der Waals surface area contributed by atoms with Gasteiger partial charge in [0.1, 0.15) is 0 Å². The Hall–Kier alpha value is -2.34. The van der Waals surface area contributed by atoms with E-state index in [1.165, 1.54) is 19.1 Å². The summed E-state index contributed by atoms with van der Waals surface area (Å²) >= 11 is 5.84. The van der Waals surface area contributed by atoms with E-state index in [0.29, 0.717) is 23.6 Å². The van der Waals surface area contributed by atoms with Crippen LogP contribution in [0.1, 0.15) is 16.8 Å². The maximum atomic E-state index is 12.8. The molecule has 0 unspecified atom stereocenters. The van der Waals surface area contributed by atoms with E-state index < -0.39 is 23.9 Å². The van der Waals surface area contributed by atoms with Gasteiger partial charge in [0.25, 0.3) is 5.91 Å². The largest absolute Gasteiger partial charge is 0.468 e. The van der Waals surface area contributed by atoms with Crippen LogP contribution in [-0.4, -0.2) is 49.6 Å². The van der Waals surface area contributed by atoms with Crippen LogP contribution in [0.15, 0.2) is 36.4 Å². The van der Waals surface area contributed by atoms with Crippen LogP contribution in [-0.2, 0) is 19.1 Å². The Morgan fingerprint density at radius 2 is 1.71 bits per heavy atom. The fourth-order valence-corrected chi connectivity index (χ4v) is 2.74. The molecule has 1 aliphatic rings. The number of esters is 2. The molecule has 0 spiro atoms. The minimum atomic E-state index is -1.23. The fraction of sp³-hybridized carbons (Fsp3) is 0.353. The summed E-state index contributed by atoms with van der Waals surface area (Å²) in [6, 6.07) is 5.67. The van der Waals surface area contributed by atoms with Crippen molar-refractivity contribution in [1.82, 2.24) is 4.90 Å². The third-order valence-corrected chi connectivity index (χ3v) is 4.09. The van der Waals surface area contributed by atoms with Gasteiger partial charge in [0.05, 0.1) is 20.3 Å². The van der Waals surface area contributed by atoms with Crippen molar-refractivity contribution in [2.24, 2.45) is 5.92 Å². The average molecular weight is 352 g/mol. The van der Waals surface area contributed by atoms with Crippen molar-refractivity contribution in [3.63, 3.8) is 0 Å². The molecule has 1 aromatic carbocycles. The minimum Gasteiger partial charge on any atom is -0.468 e. The highest BCUT2D eigenvalue weighted by molar-refractivity contribution is 6.30. The maximum Gasteiger partial charge on any atom is 0.322 e. The van der Waals surface area contributed by atoms with Crippen LogP contribution in [0.25, 0.3) is 0 Å². The molecular formula is C17H18ClNO5. The average Bonchev–Trinajstić information content (AvgIpc) is 2.62. The summed E-state index contributed by atoms with van der Waals surface area (Å²) in [5, 5.41) is 0.517. The number of methoxy groups -OCH3 is 2. The molecule has 1 amide bonds. The molecule has 0 fully saturated rings. The summed E-state index contributed by atoms with van der Waals surface area (Å²) in [7, 11) is 2.38. The summed E-state index contributed by atoms with van der Waals surface area (Å²) in [4.78, 5) is 38.4. The van der Waals surface area contributed by atoms with Crippen molar-refractivity contribution in [3.05, 3.63) is 47.0 Å². The van der Waals surface area contributed by atoms with Crippen LogP contribution < -0.4 is 0 Å². The fourth-order valence-electron chi connectivity index (χ4n) is 2.62. The first-order valence-electron chi connectivity index (χ1n) is 7.38. The first kappa shape index (κ1) is 18.0. The molecule has 1 atom stereocenters. The summed E-state index contributed by atoms with van der Waals surface area (Å²) < 4.78 is 9.42. The van der Waals surface area contributed by atoms with Crippen LogP contribution in [0.3, 0.4) is 0 Å². The number of hydrogen-bond acceptors (Lipinski definition) is 5. The van der Waals surface area contributed by atoms with E-state index in [4.69, 9.17) is 21.1 Å². The van der Waals surface area contributed by atoms with Crippen molar-refractivity contribution < 1.29 is 23.9 Å². The molecule has 0 radical (unpaired) electrons. The standard InChI is InChI=1S/C17H18ClNO5/c1-23-16(21)14(17(22)24-2)13-5-3-4-10-19(13)15(20)11-6-8-12(18)9-7-11/h3,5-9,13-14H,4,10H2,1-2H3/t13-/m1/s1. The Bertz CT molecular complexity index is 639. The number of amides is 1. The third kappa shape index (κ3) is 3.76. The molecule has 0 bridgehead atoms. The van der Waals surface area contributed by atoms with Crippen molar-refractivity contribution in [3.8, 4) is 0 Å². The van der Waals surface area contributed by atoms with E-state index in [-0.39, 0.29) is 5.91 Å². The third-order valence-electron chi connectivity index (χ3n) is 3.83. The van der Waals surface area contributed by atoms with E-state index in [1.54, 1.807) is 30.3 Å². The lowest BCUT2D eigenvalue weighted by molar-refractivity contribution is -0.160. The summed E-state index contributed by atoms with van der Waals surface area (Å²) in [5.74, 6) is -3.01. The number of carbonyl (C=O) groups excluding carboxylic acids is 3. The quantitative estimate of drug-likeness (QED) is 0.471. The van der Waals surface area contributed by atoms with Crippen molar-refractivity contribution in [1.29, 1.82) is 0 Å². The van der Waals surface area contributed by atoms with Crippen LogP contribution in [0.4, 0.5) is 0 Å².